The number of nitrogens with one attached hydrogen (secondary N) is 1. The predicted octanol–water partition coefficient (Wildman–Crippen LogP) is 4.83. The first kappa shape index (κ1) is 23.4. The van der Waals surface area contributed by atoms with Crippen LogP contribution in [-0.2, 0) is 9.53 Å². The van der Waals surface area contributed by atoms with Gasteiger partial charge in [0, 0.05) is 24.4 Å². The number of benzene rings is 2. The Balaban J connectivity index is 1.37. The zero-order valence-corrected chi connectivity index (χ0v) is 19.5. The molecule has 0 unspecified atom stereocenters. The van der Waals surface area contributed by atoms with E-state index in [9.17, 15) is 14.4 Å². The second-order valence-electron chi connectivity index (χ2n) is 7.92. The molecule has 4 rings (SSSR count). The first-order valence-corrected chi connectivity index (χ1v) is 11.9. The van der Waals surface area contributed by atoms with Gasteiger partial charge in [0.2, 0.25) is 0 Å². The lowest BCUT2D eigenvalue weighted by atomic mass is 9.98. The number of amides is 2. The van der Waals surface area contributed by atoms with Crippen molar-refractivity contribution in [2.24, 2.45) is 0 Å². The lowest BCUT2D eigenvalue weighted by molar-refractivity contribution is -0.137. The third-order valence-corrected chi connectivity index (χ3v) is 6.41. The molecule has 2 aromatic carbocycles. The van der Waals surface area contributed by atoms with Gasteiger partial charge in [0.25, 0.3) is 5.91 Å². The lowest BCUT2D eigenvalue weighted by Crippen LogP contribution is -2.34. The molecule has 1 heterocycles. The van der Waals surface area contributed by atoms with Gasteiger partial charge in [0.1, 0.15) is 12.3 Å². The summed E-state index contributed by atoms with van der Waals surface area (Å²) in [6.45, 7) is 2.62. The highest BCUT2D eigenvalue weighted by molar-refractivity contribution is 7.14. The smallest absolute Gasteiger partial charge is 0.413 e. The fourth-order valence-corrected chi connectivity index (χ4v) is 4.80. The number of aromatic nitrogens is 1. The normalized spacial score (nSPS) is 12.0. The number of carbonyl (C=O) groups is 3. The van der Waals surface area contributed by atoms with Crippen molar-refractivity contribution in [3.8, 4) is 11.1 Å². The fourth-order valence-electron chi connectivity index (χ4n) is 4.13. The Morgan fingerprint density at radius 1 is 1.06 bits per heavy atom. The number of nitrogens with zero attached hydrogens (tertiary/aromatic N) is 2. The summed E-state index contributed by atoms with van der Waals surface area (Å²) in [5.41, 5.74) is 4.70. The van der Waals surface area contributed by atoms with E-state index in [-0.39, 0.29) is 42.2 Å². The molecule has 0 saturated carbocycles. The number of rotatable bonds is 9. The molecule has 2 amide bonds. The molecule has 3 aromatic rings. The van der Waals surface area contributed by atoms with Gasteiger partial charge in [-0.3, -0.25) is 14.9 Å². The number of carboxylic acids is 1. The Kier molecular flexibility index (Phi) is 7.22. The molecule has 1 aromatic heterocycles. The topological polar surface area (TPSA) is 109 Å². The van der Waals surface area contributed by atoms with Crippen molar-refractivity contribution in [1.82, 2.24) is 9.88 Å². The van der Waals surface area contributed by atoms with Crippen molar-refractivity contribution in [2.75, 3.05) is 25.0 Å². The number of hydrogen-bond acceptors (Lipinski definition) is 6. The van der Waals surface area contributed by atoms with Crippen molar-refractivity contribution in [3.05, 3.63) is 70.7 Å². The Hall–Kier alpha value is -3.72. The van der Waals surface area contributed by atoms with E-state index >= 15 is 0 Å². The maximum atomic E-state index is 12.7. The molecule has 0 aliphatic heterocycles. The van der Waals surface area contributed by atoms with Crippen LogP contribution in [0.2, 0.25) is 0 Å². The Bertz CT molecular complexity index is 1160. The number of thiazole rings is 1. The summed E-state index contributed by atoms with van der Waals surface area (Å²) in [6, 6.07) is 16.2. The Morgan fingerprint density at radius 2 is 1.71 bits per heavy atom. The monoisotopic (exact) mass is 479 g/mol. The van der Waals surface area contributed by atoms with Crippen LogP contribution in [-0.4, -0.2) is 52.7 Å². The molecule has 176 valence electrons. The van der Waals surface area contributed by atoms with Gasteiger partial charge in [-0.25, -0.2) is 9.78 Å². The molecule has 0 saturated heterocycles. The van der Waals surface area contributed by atoms with E-state index in [1.807, 2.05) is 43.3 Å². The highest BCUT2D eigenvalue weighted by Crippen LogP contribution is 2.44. The molecule has 8 nitrogen and oxygen atoms in total. The average molecular weight is 480 g/mol. The molecule has 1 aliphatic rings. The number of ether oxygens (including phenoxy) is 1. The van der Waals surface area contributed by atoms with E-state index in [0.29, 0.717) is 13.0 Å². The third kappa shape index (κ3) is 5.09. The minimum Gasteiger partial charge on any atom is -0.481 e. The minimum absolute atomic E-state index is 0.0524. The summed E-state index contributed by atoms with van der Waals surface area (Å²) in [5, 5.41) is 13.3. The average Bonchev–Trinajstić information content (AvgIpc) is 3.42. The number of aliphatic carboxylic acids is 1. The van der Waals surface area contributed by atoms with E-state index in [1.54, 1.807) is 5.38 Å². The zero-order chi connectivity index (χ0) is 24.1. The van der Waals surface area contributed by atoms with Crippen LogP contribution >= 0.6 is 11.3 Å². The summed E-state index contributed by atoms with van der Waals surface area (Å²) in [6.07, 6.45) is -0.0901. The Morgan fingerprint density at radius 3 is 2.32 bits per heavy atom. The van der Waals surface area contributed by atoms with Crippen molar-refractivity contribution in [1.29, 1.82) is 0 Å². The van der Waals surface area contributed by atoms with Crippen molar-refractivity contribution in [2.45, 2.75) is 25.7 Å². The van der Waals surface area contributed by atoms with Crippen molar-refractivity contribution < 1.29 is 24.2 Å². The molecule has 0 radical (unpaired) electrons. The SMILES string of the molecule is CCCN(CCC(=O)O)C(=O)c1csc(NC(=O)OCC2c3ccccc3-c3ccccc32)n1. The van der Waals surface area contributed by atoms with Gasteiger partial charge < -0.3 is 14.7 Å². The summed E-state index contributed by atoms with van der Waals surface area (Å²) in [5.74, 6) is -1.38. The highest BCUT2D eigenvalue weighted by Gasteiger charge is 2.29. The van der Waals surface area contributed by atoms with Crippen LogP contribution in [0.25, 0.3) is 11.1 Å². The van der Waals surface area contributed by atoms with E-state index in [0.717, 1.165) is 33.6 Å². The molecule has 2 N–H and O–H groups in total. The van der Waals surface area contributed by atoms with Crippen molar-refractivity contribution >= 4 is 34.4 Å². The van der Waals surface area contributed by atoms with Crippen LogP contribution < -0.4 is 5.32 Å². The molecule has 0 fully saturated rings. The summed E-state index contributed by atoms with van der Waals surface area (Å²) >= 11 is 1.11. The highest BCUT2D eigenvalue weighted by atomic mass is 32.1. The summed E-state index contributed by atoms with van der Waals surface area (Å²) < 4.78 is 5.52. The van der Waals surface area contributed by atoms with E-state index in [4.69, 9.17) is 9.84 Å². The van der Waals surface area contributed by atoms with Gasteiger partial charge in [0.05, 0.1) is 6.42 Å². The van der Waals surface area contributed by atoms with Crippen LogP contribution in [0.4, 0.5) is 9.93 Å². The fraction of sp³-hybridized carbons (Fsp3) is 0.280. The predicted molar refractivity (Wildman–Crippen MR) is 129 cm³/mol. The van der Waals surface area contributed by atoms with Gasteiger partial charge in [0.15, 0.2) is 5.13 Å². The van der Waals surface area contributed by atoms with E-state index in [1.165, 1.54) is 4.90 Å². The first-order chi connectivity index (χ1) is 16.5. The number of hydrogen-bond donors (Lipinski definition) is 2. The van der Waals surface area contributed by atoms with Gasteiger partial charge in [-0.2, -0.15) is 0 Å². The van der Waals surface area contributed by atoms with Crippen LogP contribution in [0.1, 0.15) is 47.3 Å². The standard InChI is InChI=1S/C25H25N3O5S/c1-2-12-28(13-11-22(29)30)23(31)21-15-34-24(26-21)27-25(32)33-14-20-18-9-5-3-7-16(18)17-8-4-6-10-19(17)20/h3-10,15,20H,2,11-14H2,1H3,(H,29,30)(H,26,27,32). The molecule has 0 spiro atoms. The number of carbonyl (C=O) groups excluding carboxylic acids is 2. The largest absolute Gasteiger partial charge is 0.481 e. The zero-order valence-electron chi connectivity index (χ0n) is 18.7. The van der Waals surface area contributed by atoms with Gasteiger partial charge in [-0.05, 0) is 28.7 Å². The molecule has 1 aliphatic carbocycles. The molecular weight excluding hydrogens is 454 g/mol. The van der Waals surface area contributed by atoms with Crippen LogP contribution in [0.15, 0.2) is 53.9 Å². The van der Waals surface area contributed by atoms with Crippen LogP contribution in [0.5, 0.6) is 0 Å². The maximum absolute atomic E-state index is 12.7. The molecule has 9 heteroatoms. The third-order valence-electron chi connectivity index (χ3n) is 5.65. The second kappa shape index (κ2) is 10.5. The summed E-state index contributed by atoms with van der Waals surface area (Å²) in [4.78, 5) is 41.7. The first-order valence-electron chi connectivity index (χ1n) is 11.1. The van der Waals surface area contributed by atoms with Crippen molar-refractivity contribution in [3.63, 3.8) is 0 Å². The van der Waals surface area contributed by atoms with Gasteiger partial charge >= 0.3 is 12.1 Å². The Labute approximate surface area is 201 Å². The summed E-state index contributed by atoms with van der Waals surface area (Å²) in [7, 11) is 0. The van der Waals surface area contributed by atoms with Gasteiger partial charge in [-0.1, -0.05) is 55.5 Å². The van der Waals surface area contributed by atoms with Gasteiger partial charge in [-0.15, -0.1) is 11.3 Å². The number of fused-ring (bicyclic) bond motifs is 3. The maximum Gasteiger partial charge on any atom is 0.413 e. The number of carboxylic acid groups (broad SMARTS) is 1. The van der Waals surface area contributed by atoms with Crippen LogP contribution in [0.3, 0.4) is 0 Å². The second-order valence-corrected chi connectivity index (χ2v) is 8.78. The van der Waals surface area contributed by atoms with E-state index in [2.05, 4.69) is 22.4 Å². The quantitative estimate of drug-likeness (QED) is 0.455. The lowest BCUT2D eigenvalue weighted by Gasteiger charge is -2.20. The molecule has 34 heavy (non-hydrogen) atoms. The van der Waals surface area contributed by atoms with E-state index < -0.39 is 12.1 Å². The molecular formula is C25H25N3O5S. The minimum atomic E-state index is -0.968. The molecule has 0 bridgehead atoms. The van der Waals surface area contributed by atoms with Crippen LogP contribution in [0, 0.1) is 0 Å². The molecule has 0 atom stereocenters. The number of anilines is 1.